The number of anilines is 2. The third-order valence-corrected chi connectivity index (χ3v) is 8.80. The second kappa shape index (κ2) is 8.39. The van der Waals surface area contributed by atoms with Gasteiger partial charge in [0.25, 0.3) is 0 Å². The van der Waals surface area contributed by atoms with Gasteiger partial charge in [0.05, 0.1) is 17.5 Å². The van der Waals surface area contributed by atoms with E-state index in [9.17, 15) is 13.2 Å². The SMILES string of the molecule is CN1CC2(CCC1=O)CCN(c1cccc3cnc(NC4CCN(S(C)(=O)=O)CC4)nc13)C2. The maximum Gasteiger partial charge on any atom is 0.223 e. The van der Waals surface area contributed by atoms with Gasteiger partial charge in [-0.25, -0.2) is 22.7 Å². The van der Waals surface area contributed by atoms with Crippen LogP contribution >= 0.6 is 0 Å². The molecule has 1 aromatic carbocycles. The van der Waals surface area contributed by atoms with Crippen LogP contribution in [0.3, 0.4) is 0 Å². The molecule has 33 heavy (non-hydrogen) atoms. The summed E-state index contributed by atoms with van der Waals surface area (Å²) in [7, 11) is -1.23. The van der Waals surface area contributed by atoms with Crippen LogP contribution < -0.4 is 10.2 Å². The van der Waals surface area contributed by atoms with E-state index < -0.39 is 10.0 Å². The Morgan fingerprint density at radius 1 is 1.12 bits per heavy atom. The summed E-state index contributed by atoms with van der Waals surface area (Å²) >= 11 is 0. The lowest BCUT2D eigenvalue weighted by molar-refractivity contribution is -0.135. The number of fused-ring (bicyclic) bond motifs is 1. The van der Waals surface area contributed by atoms with Crippen molar-refractivity contribution in [2.45, 2.75) is 38.1 Å². The fourth-order valence-electron chi connectivity index (χ4n) is 5.59. The van der Waals surface area contributed by atoms with Crippen LogP contribution in [0.25, 0.3) is 10.9 Å². The minimum Gasteiger partial charge on any atom is -0.369 e. The van der Waals surface area contributed by atoms with Crippen LogP contribution in [-0.2, 0) is 14.8 Å². The molecule has 3 fully saturated rings. The van der Waals surface area contributed by atoms with Crippen molar-refractivity contribution in [1.82, 2.24) is 19.2 Å². The Balaban J connectivity index is 1.33. The molecule has 0 bridgehead atoms. The number of carbonyl (C=O) groups excluding carboxylic acids is 1. The lowest BCUT2D eigenvalue weighted by Crippen LogP contribution is -2.45. The minimum atomic E-state index is -3.14. The summed E-state index contributed by atoms with van der Waals surface area (Å²) in [4.78, 5) is 25.7. The predicted molar refractivity (Wildman–Crippen MR) is 129 cm³/mol. The largest absolute Gasteiger partial charge is 0.369 e. The number of amides is 1. The van der Waals surface area contributed by atoms with E-state index in [-0.39, 0.29) is 17.4 Å². The van der Waals surface area contributed by atoms with Crippen LogP contribution in [0.2, 0.25) is 0 Å². The highest BCUT2D eigenvalue weighted by Gasteiger charge is 2.43. The second-order valence-corrected chi connectivity index (χ2v) is 11.9. The lowest BCUT2D eigenvalue weighted by atomic mass is 9.79. The average molecular weight is 473 g/mol. The number of aromatic nitrogens is 2. The van der Waals surface area contributed by atoms with Gasteiger partial charge in [-0.2, -0.15) is 0 Å². The van der Waals surface area contributed by atoms with E-state index in [4.69, 9.17) is 4.98 Å². The Morgan fingerprint density at radius 3 is 2.64 bits per heavy atom. The molecule has 4 heterocycles. The molecule has 0 saturated carbocycles. The molecule has 1 spiro atoms. The van der Waals surface area contributed by atoms with Crippen molar-refractivity contribution >= 4 is 38.5 Å². The van der Waals surface area contributed by atoms with Crippen molar-refractivity contribution in [2.24, 2.45) is 5.41 Å². The highest BCUT2D eigenvalue weighted by atomic mass is 32.2. The Kier molecular flexibility index (Phi) is 5.68. The molecule has 1 amide bonds. The molecule has 3 saturated heterocycles. The molecular weight excluding hydrogens is 440 g/mol. The zero-order valence-electron chi connectivity index (χ0n) is 19.3. The molecule has 178 valence electrons. The molecule has 5 rings (SSSR count). The van der Waals surface area contributed by atoms with Crippen LogP contribution in [0.15, 0.2) is 24.4 Å². The molecule has 0 radical (unpaired) electrons. The Morgan fingerprint density at radius 2 is 1.91 bits per heavy atom. The summed E-state index contributed by atoms with van der Waals surface area (Å²) < 4.78 is 25.1. The van der Waals surface area contributed by atoms with Crippen molar-refractivity contribution in [1.29, 1.82) is 0 Å². The average Bonchev–Trinajstić information content (AvgIpc) is 3.19. The van der Waals surface area contributed by atoms with Gasteiger partial charge in [0.1, 0.15) is 0 Å². The first-order valence-electron chi connectivity index (χ1n) is 11.7. The second-order valence-electron chi connectivity index (χ2n) is 9.91. The maximum atomic E-state index is 12.0. The molecule has 0 aliphatic carbocycles. The molecular formula is C23H32N6O3S. The van der Waals surface area contributed by atoms with Gasteiger partial charge in [-0.05, 0) is 31.7 Å². The van der Waals surface area contributed by atoms with Gasteiger partial charge in [-0.1, -0.05) is 12.1 Å². The number of nitrogens with zero attached hydrogens (tertiary/aromatic N) is 5. The summed E-state index contributed by atoms with van der Waals surface area (Å²) in [5.74, 6) is 0.833. The standard InChI is InChI=1S/C23H32N6O3S/c1-27-15-23(9-6-20(27)30)10-13-28(16-23)19-5-3-4-17-14-24-22(26-21(17)19)25-18-7-11-29(12-8-18)33(2,31)32/h3-5,14,18H,6-13,15-16H2,1-2H3,(H,24,25,26). The molecule has 2 aromatic rings. The monoisotopic (exact) mass is 472 g/mol. The summed E-state index contributed by atoms with van der Waals surface area (Å²) in [6.45, 7) is 3.74. The zero-order valence-corrected chi connectivity index (χ0v) is 20.1. The van der Waals surface area contributed by atoms with Crippen molar-refractivity contribution in [3.05, 3.63) is 24.4 Å². The van der Waals surface area contributed by atoms with E-state index >= 15 is 0 Å². The van der Waals surface area contributed by atoms with Crippen molar-refractivity contribution in [3.8, 4) is 0 Å². The van der Waals surface area contributed by atoms with Gasteiger partial charge in [0.2, 0.25) is 21.9 Å². The summed E-state index contributed by atoms with van der Waals surface area (Å²) in [5.41, 5.74) is 2.20. The van der Waals surface area contributed by atoms with E-state index in [0.29, 0.717) is 25.5 Å². The van der Waals surface area contributed by atoms with Crippen LogP contribution in [0.5, 0.6) is 0 Å². The van der Waals surface area contributed by atoms with E-state index in [2.05, 4.69) is 27.3 Å². The fraction of sp³-hybridized carbons (Fsp3) is 0.609. The highest BCUT2D eigenvalue weighted by molar-refractivity contribution is 7.88. The normalized spacial score (nSPS) is 25.3. The molecule has 1 N–H and O–H groups in total. The first-order valence-corrected chi connectivity index (χ1v) is 13.5. The van der Waals surface area contributed by atoms with E-state index in [1.165, 1.54) is 10.6 Å². The van der Waals surface area contributed by atoms with Gasteiger partial charge < -0.3 is 15.1 Å². The van der Waals surface area contributed by atoms with Gasteiger partial charge >= 0.3 is 0 Å². The molecule has 9 nitrogen and oxygen atoms in total. The van der Waals surface area contributed by atoms with Gasteiger partial charge in [-0.3, -0.25) is 4.79 Å². The first-order chi connectivity index (χ1) is 15.7. The van der Waals surface area contributed by atoms with E-state index in [1.807, 2.05) is 24.2 Å². The number of nitrogens with one attached hydrogen (secondary N) is 1. The molecule has 3 aliphatic rings. The quantitative estimate of drug-likeness (QED) is 0.726. The summed E-state index contributed by atoms with van der Waals surface area (Å²) in [5, 5.41) is 4.43. The van der Waals surface area contributed by atoms with Crippen molar-refractivity contribution in [3.63, 3.8) is 0 Å². The predicted octanol–water partition coefficient (Wildman–Crippen LogP) is 1.91. The molecule has 1 unspecified atom stereocenters. The number of hydrogen-bond acceptors (Lipinski definition) is 7. The fourth-order valence-corrected chi connectivity index (χ4v) is 6.46. The van der Waals surface area contributed by atoms with Crippen molar-refractivity contribution < 1.29 is 13.2 Å². The molecule has 1 aromatic heterocycles. The molecule has 1 atom stereocenters. The van der Waals surface area contributed by atoms with Gasteiger partial charge in [-0.15, -0.1) is 0 Å². The number of sulfonamides is 1. The Labute approximate surface area is 195 Å². The van der Waals surface area contributed by atoms with Crippen LogP contribution in [-0.4, -0.2) is 85.6 Å². The van der Waals surface area contributed by atoms with Crippen LogP contribution in [0, 0.1) is 5.41 Å². The smallest absolute Gasteiger partial charge is 0.223 e. The zero-order chi connectivity index (χ0) is 23.2. The van der Waals surface area contributed by atoms with Crippen LogP contribution in [0.1, 0.15) is 32.1 Å². The number of piperidine rings is 2. The number of hydrogen-bond donors (Lipinski definition) is 1. The van der Waals surface area contributed by atoms with Gasteiger partial charge in [0, 0.05) is 69.2 Å². The number of likely N-dealkylation sites (tertiary alicyclic amines) is 1. The third-order valence-electron chi connectivity index (χ3n) is 7.49. The molecule has 3 aliphatic heterocycles. The Bertz CT molecular complexity index is 1160. The van der Waals surface area contributed by atoms with Crippen LogP contribution in [0.4, 0.5) is 11.6 Å². The van der Waals surface area contributed by atoms with Gasteiger partial charge in [0.15, 0.2) is 0 Å². The molecule has 10 heteroatoms. The first kappa shape index (κ1) is 22.3. The topological polar surface area (TPSA) is 98.7 Å². The summed E-state index contributed by atoms with van der Waals surface area (Å²) in [6.07, 6.45) is 7.25. The van der Waals surface area contributed by atoms with E-state index in [1.54, 1.807) is 0 Å². The Hall–Kier alpha value is -2.46. The highest BCUT2D eigenvalue weighted by Crippen LogP contribution is 2.41. The van der Waals surface area contributed by atoms with E-state index in [0.717, 1.165) is 61.9 Å². The third kappa shape index (κ3) is 4.50. The number of rotatable bonds is 4. The van der Waals surface area contributed by atoms with Crippen molar-refractivity contribution in [2.75, 3.05) is 56.2 Å². The lowest BCUT2D eigenvalue weighted by Gasteiger charge is -2.38. The number of benzene rings is 1. The number of carbonyl (C=O) groups is 1. The maximum absolute atomic E-state index is 12.0. The minimum absolute atomic E-state index is 0.151. The summed E-state index contributed by atoms with van der Waals surface area (Å²) in [6, 6.07) is 6.36. The number of para-hydroxylation sites is 1.